The standard InChI is InChI=1S/C8H11NOS.ClH/c1-10-8-5-6(11-2)3-4-7(8)9;/h3-5H,9H2,1-2H3;1H. The van der Waals surface area contributed by atoms with Crippen LogP contribution in [0.1, 0.15) is 0 Å². The normalized spacial score (nSPS) is 8.83. The highest BCUT2D eigenvalue weighted by Gasteiger charge is 1.98. The van der Waals surface area contributed by atoms with Crippen LogP contribution < -0.4 is 10.5 Å². The zero-order valence-corrected chi connectivity index (χ0v) is 8.67. The van der Waals surface area contributed by atoms with E-state index >= 15 is 0 Å². The number of hydrogen-bond donors (Lipinski definition) is 1. The summed E-state index contributed by atoms with van der Waals surface area (Å²) in [4.78, 5) is 1.16. The quantitative estimate of drug-likeness (QED) is 0.595. The summed E-state index contributed by atoms with van der Waals surface area (Å²) in [6.45, 7) is 0. The third kappa shape index (κ3) is 2.50. The molecule has 1 rings (SSSR count). The van der Waals surface area contributed by atoms with E-state index in [0.29, 0.717) is 5.69 Å². The van der Waals surface area contributed by atoms with Crippen molar-refractivity contribution in [3.63, 3.8) is 0 Å². The fourth-order valence-electron chi connectivity index (χ4n) is 0.818. The highest BCUT2D eigenvalue weighted by molar-refractivity contribution is 7.98. The van der Waals surface area contributed by atoms with E-state index in [-0.39, 0.29) is 12.4 Å². The van der Waals surface area contributed by atoms with Gasteiger partial charge in [-0.25, -0.2) is 0 Å². The van der Waals surface area contributed by atoms with Crippen molar-refractivity contribution >= 4 is 29.9 Å². The summed E-state index contributed by atoms with van der Waals surface area (Å²) >= 11 is 1.67. The Morgan fingerprint density at radius 3 is 2.58 bits per heavy atom. The molecule has 0 aliphatic heterocycles. The minimum Gasteiger partial charge on any atom is -0.495 e. The maximum absolute atomic E-state index is 5.62. The highest BCUT2D eigenvalue weighted by Crippen LogP contribution is 2.26. The Morgan fingerprint density at radius 2 is 2.08 bits per heavy atom. The molecule has 0 bridgehead atoms. The van der Waals surface area contributed by atoms with Crippen molar-refractivity contribution in [3.05, 3.63) is 18.2 Å². The van der Waals surface area contributed by atoms with E-state index in [0.717, 1.165) is 10.6 Å². The van der Waals surface area contributed by atoms with E-state index in [4.69, 9.17) is 10.5 Å². The van der Waals surface area contributed by atoms with Crippen LogP contribution in [0.4, 0.5) is 5.69 Å². The first-order chi connectivity index (χ1) is 5.27. The second kappa shape index (κ2) is 5.17. The van der Waals surface area contributed by atoms with Crippen LogP contribution in [0.3, 0.4) is 0 Å². The largest absolute Gasteiger partial charge is 0.495 e. The molecule has 68 valence electrons. The lowest BCUT2D eigenvalue weighted by atomic mass is 10.3. The number of anilines is 1. The van der Waals surface area contributed by atoms with Crippen LogP contribution >= 0.6 is 24.2 Å². The van der Waals surface area contributed by atoms with Crippen molar-refractivity contribution in [2.75, 3.05) is 19.1 Å². The predicted octanol–water partition coefficient (Wildman–Crippen LogP) is 2.42. The van der Waals surface area contributed by atoms with Gasteiger partial charge in [0.25, 0.3) is 0 Å². The number of nitrogens with two attached hydrogens (primary N) is 1. The summed E-state index contributed by atoms with van der Waals surface area (Å²) in [5, 5.41) is 0. The molecule has 0 atom stereocenters. The number of nitrogen functional groups attached to an aromatic ring is 1. The average molecular weight is 206 g/mol. The molecule has 0 radical (unpaired) electrons. The van der Waals surface area contributed by atoms with Gasteiger partial charge < -0.3 is 10.5 Å². The van der Waals surface area contributed by atoms with Gasteiger partial charge in [-0.1, -0.05) is 0 Å². The van der Waals surface area contributed by atoms with Gasteiger partial charge in [0.05, 0.1) is 12.8 Å². The van der Waals surface area contributed by atoms with Gasteiger partial charge in [0.1, 0.15) is 5.75 Å². The first-order valence-electron chi connectivity index (χ1n) is 3.25. The SMILES string of the molecule is COc1cc(SC)ccc1N.Cl. The molecule has 4 heteroatoms. The second-order valence-electron chi connectivity index (χ2n) is 2.11. The van der Waals surface area contributed by atoms with Crippen LogP contribution in [0.25, 0.3) is 0 Å². The maximum atomic E-state index is 5.62. The van der Waals surface area contributed by atoms with Crippen LogP contribution in [0.15, 0.2) is 23.1 Å². The van der Waals surface area contributed by atoms with E-state index < -0.39 is 0 Å². The van der Waals surface area contributed by atoms with E-state index in [1.807, 2.05) is 24.5 Å². The topological polar surface area (TPSA) is 35.2 Å². The molecule has 2 nitrogen and oxygen atoms in total. The molecule has 0 aromatic heterocycles. The summed E-state index contributed by atoms with van der Waals surface area (Å²) in [6, 6.07) is 5.76. The molecule has 0 amide bonds. The number of rotatable bonds is 2. The number of thioether (sulfide) groups is 1. The van der Waals surface area contributed by atoms with Crippen molar-refractivity contribution in [3.8, 4) is 5.75 Å². The van der Waals surface area contributed by atoms with Crippen LogP contribution in [-0.2, 0) is 0 Å². The summed E-state index contributed by atoms with van der Waals surface area (Å²) in [5.74, 6) is 0.747. The highest BCUT2D eigenvalue weighted by atomic mass is 35.5. The molecule has 0 heterocycles. The van der Waals surface area contributed by atoms with Gasteiger partial charge in [0.15, 0.2) is 0 Å². The van der Waals surface area contributed by atoms with Gasteiger partial charge in [-0.2, -0.15) is 0 Å². The molecule has 0 aliphatic rings. The van der Waals surface area contributed by atoms with Crippen LogP contribution in [0.2, 0.25) is 0 Å². The van der Waals surface area contributed by atoms with E-state index in [9.17, 15) is 0 Å². The molecule has 0 spiro atoms. The van der Waals surface area contributed by atoms with Crippen LogP contribution in [0.5, 0.6) is 5.75 Å². The molecule has 0 saturated heterocycles. The third-order valence-electron chi connectivity index (χ3n) is 1.44. The fraction of sp³-hybridized carbons (Fsp3) is 0.250. The lowest BCUT2D eigenvalue weighted by molar-refractivity contribution is 0.416. The Labute approximate surface area is 82.9 Å². The summed E-state index contributed by atoms with van der Waals surface area (Å²) in [6.07, 6.45) is 2.02. The van der Waals surface area contributed by atoms with Gasteiger partial charge in [-0.15, -0.1) is 24.2 Å². The molecule has 0 fully saturated rings. The number of hydrogen-bond acceptors (Lipinski definition) is 3. The molecular formula is C8H12ClNOS. The lowest BCUT2D eigenvalue weighted by Gasteiger charge is -2.04. The molecule has 12 heavy (non-hydrogen) atoms. The Hall–Kier alpha value is -0.540. The summed E-state index contributed by atoms with van der Waals surface area (Å²) < 4.78 is 5.05. The molecule has 2 N–H and O–H groups in total. The van der Waals surface area contributed by atoms with Gasteiger partial charge in [0, 0.05) is 4.90 Å². The average Bonchev–Trinajstić information content (AvgIpc) is 2.05. The molecule has 1 aromatic carbocycles. The van der Waals surface area contributed by atoms with Crippen molar-refractivity contribution in [2.45, 2.75) is 4.90 Å². The molecular weight excluding hydrogens is 194 g/mol. The minimum absolute atomic E-state index is 0. The third-order valence-corrected chi connectivity index (χ3v) is 2.17. The number of ether oxygens (including phenoxy) is 1. The number of benzene rings is 1. The zero-order valence-electron chi connectivity index (χ0n) is 7.03. The summed E-state index contributed by atoms with van der Waals surface area (Å²) in [5.41, 5.74) is 6.31. The molecule has 0 unspecified atom stereocenters. The van der Waals surface area contributed by atoms with Crippen molar-refractivity contribution < 1.29 is 4.74 Å². The van der Waals surface area contributed by atoms with E-state index in [2.05, 4.69) is 0 Å². The Balaban J connectivity index is 0.00000121. The lowest BCUT2D eigenvalue weighted by Crippen LogP contribution is -1.91. The zero-order chi connectivity index (χ0) is 8.27. The second-order valence-corrected chi connectivity index (χ2v) is 2.99. The summed E-state index contributed by atoms with van der Waals surface area (Å²) in [7, 11) is 1.62. The fourth-order valence-corrected chi connectivity index (χ4v) is 1.25. The van der Waals surface area contributed by atoms with E-state index in [1.165, 1.54) is 0 Å². The number of methoxy groups -OCH3 is 1. The smallest absolute Gasteiger partial charge is 0.142 e. The number of halogens is 1. The van der Waals surface area contributed by atoms with Crippen LogP contribution in [0, 0.1) is 0 Å². The maximum Gasteiger partial charge on any atom is 0.142 e. The first-order valence-corrected chi connectivity index (χ1v) is 4.48. The predicted molar refractivity (Wildman–Crippen MR) is 56.4 cm³/mol. The van der Waals surface area contributed by atoms with E-state index in [1.54, 1.807) is 18.9 Å². The Kier molecular flexibility index (Phi) is 4.93. The first kappa shape index (κ1) is 11.5. The molecule has 0 aliphatic carbocycles. The van der Waals surface area contributed by atoms with Gasteiger partial charge in [0.2, 0.25) is 0 Å². The van der Waals surface area contributed by atoms with Crippen molar-refractivity contribution in [1.29, 1.82) is 0 Å². The van der Waals surface area contributed by atoms with Gasteiger partial charge in [-0.3, -0.25) is 0 Å². The molecule has 0 saturated carbocycles. The molecule has 1 aromatic rings. The van der Waals surface area contributed by atoms with Crippen LogP contribution in [-0.4, -0.2) is 13.4 Å². The van der Waals surface area contributed by atoms with Crippen molar-refractivity contribution in [2.24, 2.45) is 0 Å². The van der Waals surface area contributed by atoms with Gasteiger partial charge >= 0.3 is 0 Å². The minimum atomic E-state index is 0. The van der Waals surface area contributed by atoms with Gasteiger partial charge in [-0.05, 0) is 24.5 Å². The monoisotopic (exact) mass is 205 g/mol. The Morgan fingerprint density at radius 1 is 1.42 bits per heavy atom. The van der Waals surface area contributed by atoms with Crippen molar-refractivity contribution in [1.82, 2.24) is 0 Å². The Bertz CT molecular complexity index is 255.